The second-order valence-electron chi connectivity index (χ2n) is 18.8. The van der Waals surface area contributed by atoms with Crippen LogP contribution in [0.2, 0.25) is 0 Å². The minimum absolute atomic E-state index is 0.0674. The highest BCUT2D eigenvalue weighted by atomic mass is 32.1. The van der Waals surface area contributed by atoms with Crippen LogP contribution in [0.3, 0.4) is 0 Å². The first-order valence-corrected chi connectivity index (χ1v) is 23.9. The van der Waals surface area contributed by atoms with Crippen LogP contribution in [0.25, 0.3) is 81.5 Å². The highest BCUT2D eigenvalue weighted by molar-refractivity contribution is 7.25. The van der Waals surface area contributed by atoms with Crippen molar-refractivity contribution in [3.8, 4) is 44.6 Å². The van der Waals surface area contributed by atoms with Gasteiger partial charge in [0.2, 0.25) is 0 Å². The number of aryl methyl sites for hydroxylation is 1. The summed E-state index contributed by atoms with van der Waals surface area (Å²) in [6.07, 6.45) is 17.0. The molecule has 0 saturated heterocycles. The lowest BCUT2D eigenvalue weighted by molar-refractivity contribution is 0.350. The molecule has 2 fully saturated rings. The Labute approximate surface area is 366 Å². The van der Waals surface area contributed by atoms with Crippen LogP contribution in [0, 0.1) is 0 Å². The molecule has 2 saturated carbocycles. The van der Waals surface area contributed by atoms with Crippen molar-refractivity contribution in [2.24, 2.45) is 0 Å². The zero-order valence-electron chi connectivity index (χ0n) is 34.9. The first-order valence-electron chi connectivity index (χ1n) is 23.1. The standard InChI is InChI=1S/C58H46N2OS/c1-4-16-35(17-5-1)53-52-40-19-7-9-25-50(40)62-56(52)60-55(59-53)41-22-14-21-39-43-32-36(26-27-49(43)61-54(39)41)37-20-15-24-46-51(37)44-34-47-42(33-48(44)58(46)30-12-3-13-31-58)38-18-6-8-23-45(38)57(47)28-10-2-11-29-57/h1,4-9,15-20,22-27,32-34H,2-3,10-14,21,28-31H2. The van der Waals surface area contributed by atoms with Crippen molar-refractivity contribution in [3.05, 3.63) is 173 Å². The molecule has 9 aromatic rings. The SMILES string of the molecule is C1=C(c2nc(-c3ccccc3)c3c(n2)sc2ccccc23)c2oc3ccc(-c4cccc5c4-c4cc6c(cc4C54CCCCC4)-c4ccccc4C64CCCCC4)cc3c2CC1. The summed E-state index contributed by atoms with van der Waals surface area (Å²) < 4.78 is 8.13. The molecule has 3 nitrogen and oxygen atoms in total. The molecule has 0 aliphatic heterocycles. The normalized spacial score (nSPS) is 17.9. The lowest BCUT2D eigenvalue weighted by Gasteiger charge is -2.37. The molecule has 0 N–H and O–H groups in total. The number of furan rings is 1. The Morgan fingerprint density at radius 2 is 1.24 bits per heavy atom. The summed E-state index contributed by atoms with van der Waals surface area (Å²) in [6.45, 7) is 0. The molecule has 0 bridgehead atoms. The van der Waals surface area contributed by atoms with Crippen LogP contribution in [0.15, 0.2) is 138 Å². The third kappa shape index (κ3) is 4.82. The summed E-state index contributed by atoms with van der Waals surface area (Å²) in [4.78, 5) is 11.7. The molecule has 0 unspecified atom stereocenters. The van der Waals surface area contributed by atoms with Crippen LogP contribution in [0.4, 0.5) is 0 Å². The Morgan fingerprint density at radius 1 is 0.532 bits per heavy atom. The average Bonchev–Trinajstić information content (AvgIpc) is 4.05. The molecule has 5 aliphatic rings. The van der Waals surface area contributed by atoms with E-state index in [1.54, 1.807) is 33.6 Å². The fraction of sp³-hybridized carbons (Fsp3) is 0.241. The number of aromatic nitrogens is 2. The van der Waals surface area contributed by atoms with Gasteiger partial charge in [-0.2, -0.15) is 0 Å². The second kappa shape index (κ2) is 13.2. The maximum atomic E-state index is 6.90. The summed E-state index contributed by atoms with van der Waals surface area (Å²) >= 11 is 1.75. The minimum Gasteiger partial charge on any atom is -0.456 e. The molecule has 0 amide bonds. The topological polar surface area (TPSA) is 38.9 Å². The Balaban J connectivity index is 0.931. The number of hydrogen-bond acceptors (Lipinski definition) is 4. The quantitative estimate of drug-likeness (QED) is 0.178. The summed E-state index contributed by atoms with van der Waals surface area (Å²) in [7, 11) is 0. The van der Waals surface area contributed by atoms with Crippen molar-refractivity contribution in [1.82, 2.24) is 9.97 Å². The van der Waals surface area contributed by atoms with E-state index in [2.05, 4.69) is 133 Å². The number of thiophene rings is 1. The van der Waals surface area contributed by atoms with Gasteiger partial charge in [-0.3, -0.25) is 0 Å². The van der Waals surface area contributed by atoms with Crippen molar-refractivity contribution in [1.29, 1.82) is 0 Å². The van der Waals surface area contributed by atoms with Gasteiger partial charge in [0.15, 0.2) is 5.82 Å². The molecule has 4 heteroatoms. The largest absolute Gasteiger partial charge is 0.456 e. The number of allylic oxidation sites excluding steroid dienone is 1. The van der Waals surface area contributed by atoms with Gasteiger partial charge in [0.05, 0.1) is 11.3 Å². The molecule has 14 rings (SSSR count). The van der Waals surface area contributed by atoms with Gasteiger partial charge in [0.1, 0.15) is 16.2 Å². The average molecular weight is 819 g/mol. The fourth-order valence-corrected chi connectivity index (χ4v) is 14.2. The van der Waals surface area contributed by atoms with Crippen molar-refractivity contribution in [2.75, 3.05) is 0 Å². The van der Waals surface area contributed by atoms with Crippen LogP contribution < -0.4 is 0 Å². The van der Waals surface area contributed by atoms with E-state index in [9.17, 15) is 0 Å². The third-order valence-electron chi connectivity index (χ3n) is 15.8. The predicted molar refractivity (Wildman–Crippen MR) is 256 cm³/mol. The number of nitrogens with zero attached hydrogens (tertiary/aromatic N) is 2. The maximum absolute atomic E-state index is 6.90. The van der Waals surface area contributed by atoms with Gasteiger partial charge in [-0.15, -0.1) is 11.3 Å². The first kappa shape index (κ1) is 35.5. The van der Waals surface area contributed by atoms with E-state index in [-0.39, 0.29) is 10.8 Å². The lowest BCUT2D eigenvalue weighted by atomic mass is 9.66. The predicted octanol–water partition coefficient (Wildman–Crippen LogP) is 15.8. The summed E-state index contributed by atoms with van der Waals surface area (Å²) in [5.74, 6) is 1.66. The molecule has 300 valence electrons. The van der Waals surface area contributed by atoms with Gasteiger partial charge in [-0.1, -0.05) is 142 Å². The van der Waals surface area contributed by atoms with Gasteiger partial charge in [-0.05, 0) is 124 Å². The third-order valence-corrected chi connectivity index (χ3v) is 16.9. The number of hydrogen-bond donors (Lipinski definition) is 0. The first-order chi connectivity index (χ1) is 30.7. The van der Waals surface area contributed by atoms with E-state index in [0.29, 0.717) is 0 Å². The van der Waals surface area contributed by atoms with Gasteiger partial charge in [0.25, 0.3) is 0 Å². The highest BCUT2D eigenvalue weighted by Crippen LogP contribution is 2.63. The van der Waals surface area contributed by atoms with Crippen LogP contribution in [0.1, 0.15) is 110 Å². The smallest absolute Gasteiger partial charge is 0.164 e. The zero-order chi connectivity index (χ0) is 40.6. The van der Waals surface area contributed by atoms with Crippen LogP contribution in [-0.2, 0) is 17.3 Å². The van der Waals surface area contributed by atoms with Crippen LogP contribution >= 0.6 is 11.3 Å². The molecule has 62 heavy (non-hydrogen) atoms. The Kier molecular flexibility index (Phi) is 7.56. The fourth-order valence-electron chi connectivity index (χ4n) is 13.1. The number of benzene rings is 6. The maximum Gasteiger partial charge on any atom is 0.164 e. The van der Waals surface area contributed by atoms with E-state index in [1.807, 2.05) is 0 Å². The molecule has 3 heterocycles. The van der Waals surface area contributed by atoms with Crippen molar-refractivity contribution < 1.29 is 4.42 Å². The van der Waals surface area contributed by atoms with Gasteiger partial charge >= 0.3 is 0 Å². The van der Waals surface area contributed by atoms with E-state index < -0.39 is 0 Å². The van der Waals surface area contributed by atoms with E-state index in [0.717, 1.165) is 57.1 Å². The molecular weight excluding hydrogens is 773 g/mol. The van der Waals surface area contributed by atoms with E-state index in [1.165, 1.54) is 119 Å². The summed E-state index contributed by atoms with van der Waals surface area (Å²) in [5.41, 5.74) is 20.4. The minimum atomic E-state index is 0.0674. The molecule has 0 radical (unpaired) electrons. The Hall–Kier alpha value is -6.10. The van der Waals surface area contributed by atoms with Gasteiger partial charge in [-0.25, -0.2) is 9.97 Å². The van der Waals surface area contributed by atoms with Gasteiger partial charge < -0.3 is 4.42 Å². The summed E-state index contributed by atoms with van der Waals surface area (Å²) in [5, 5.41) is 3.55. The number of rotatable bonds is 3. The molecular formula is C58H46N2OS. The molecule has 2 spiro atoms. The summed E-state index contributed by atoms with van der Waals surface area (Å²) in [6, 6.07) is 48.3. The Morgan fingerprint density at radius 3 is 2.10 bits per heavy atom. The monoisotopic (exact) mass is 818 g/mol. The molecule has 6 aromatic carbocycles. The van der Waals surface area contributed by atoms with E-state index >= 15 is 0 Å². The van der Waals surface area contributed by atoms with Crippen molar-refractivity contribution >= 4 is 48.2 Å². The lowest BCUT2D eigenvalue weighted by Crippen LogP contribution is -2.29. The highest BCUT2D eigenvalue weighted by Gasteiger charge is 2.49. The van der Waals surface area contributed by atoms with Crippen molar-refractivity contribution in [2.45, 2.75) is 87.9 Å². The van der Waals surface area contributed by atoms with Crippen LogP contribution in [0.5, 0.6) is 0 Å². The Bertz CT molecular complexity index is 3370. The molecule has 0 atom stereocenters. The van der Waals surface area contributed by atoms with Crippen LogP contribution in [-0.4, -0.2) is 9.97 Å². The van der Waals surface area contributed by atoms with Gasteiger partial charge in [0, 0.05) is 42.8 Å². The van der Waals surface area contributed by atoms with E-state index in [4.69, 9.17) is 14.4 Å². The van der Waals surface area contributed by atoms with Crippen molar-refractivity contribution in [3.63, 3.8) is 0 Å². The zero-order valence-corrected chi connectivity index (χ0v) is 35.7. The number of fused-ring (bicyclic) bond motifs is 16. The molecule has 3 aromatic heterocycles. The molecule has 5 aliphatic carbocycles. The second-order valence-corrected chi connectivity index (χ2v) is 19.9.